The lowest BCUT2D eigenvalue weighted by Gasteiger charge is -2.12. The minimum atomic E-state index is -0.184. The Bertz CT molecular complexity index is 518. The predicted octanol–water partition coefficient (Wildman–Crippen LogP) is 1.72. The molecule has 22 heavy (non-hydrogen) atoms. The molecule has 0 bridgehead atoms. The number of halogens is 1. The van der Waals surface area contributed by atoms with Gasteiger partial charge in [-0.25, -0.2) is 0 Å². The van der Waals surface area contributed by atoms with Crippen molar-refractivity contribution in [1.29, 1.82) is 0 Å². The van der Waals surface area contributed by atoms with Crippen LogP contribution in [0.4, 0.5) is 0 Å². The molecule has 0 saturated heterocycles. The standard InChI is InChI=1S/C16H23N3O2.ClH/c1-2-8-18-15(20)12-4-3-5-13(9-12)16(21)19-10-14(17)11-6-7-11;/h3-5,9,11,14H,2,6-8,10,17H2,1H3,(H,18,20)(H,19,21);1H. The lowest BCUT2D eigenvalue weighted by Crippen LogP contribution is -2.38. The molecule has 6 heteroatoms. The summed E-state index contributed by atoms with van der Waals surface area (Å²) in [5.74, 6) is 0.217. The third-order valence-electron chi connectivity index (χ3n) is 3.65. The van der Waals surface area contributed by atoms with Crippen LogP contribution in [0.3, 0.4) is 0 Å². The first kappa shape index (κ1) is 18.5. The Kier molecular flexibility index (Phi) is 7.35. The number of amides is 2. The fourth-order valence-corrected chi connectivity index (χ4v) is 2.15. The molecule has 0 aromatic heterocycles. The van der Waals surface area contributed by atoms with Gasteiger partial charge in [0.15, 0.2) is 0 Å². The number of rotatable bonds is 7. The topological polar surface area (TPSA) is 84.2 Å². The van der Waals surface area contributed by atoms with Gasteiger partial charge in [-0.3, -0.25) is 9.59 Å². The Morgan fingerprint density at radius 1 is 1.23 bits per heavy atom. The van der Waals surface area contributed by atoms with E-state index in [1.165, 1.54) is 0 Å². The molecule has 1 aromatic carbocycles. The van der Waals surface area contributed by atoms with Crippen molar-refractivity contribution in [1.82, 2.24) is 10.6 Å². The van der Waals surface area contributed by atoms with Gasteiger partial charge in [-0.1, -0.05) is 13.0 Å². The molecule has 2 amide bonds. The molecule has 5 nitrogen and oxygen atoms in total. The van der Waals surface area contributed by atoms with Crippen molar-refractivity contribution in [3.63, 3.8) is 0 Å². The molecule has 1 atom stereocenters. The highest BCUT2D eigenvalue weighted by atomic mass is 35.5. The number of hydrogen-bond donors (Lipinski definition) is 3. The molecule has 4 N–H and O–H groups in total. The highest BCUT2D eigenvalue weighted by Gasteiger charge is 2.28. The van der Waals surface area contributed by atoms with E-state index < -0.39 is 0 Å². The quantitative estimate of drug-likeness (QED) is 0.713. The monoisotopic (exact) mass is 325 g/mol. The average Bonchev–Trinajstić information content (AvgIpc) is 3.34. The SMILES string of the molecule is CCCNC(=O)c1cccc(C(=O)NCC(N)C2CC2)c1.Cl. The van der Waals surface area contributed by atoms with Crippen LogP contribution in [0.5, 0.6) is 0 Å². The summed E-state index contributed by atoms with van der Waals surface area (Å²) < 4.78 is 0. The molecule has 1 unspecified atom stereocenters. The van der Waals surface area contributed by atoms with Crippen molar-refractivity contribution < 1.29 is 9.59 Å². The first-order chi connectivity index (χ1) is 10.1. The Morgan fingerprint density at radius 2 is 1.82 bits per heavy atom. The largest absolute Gasteiger partial charge is 0.352 e. The molecule has 0 spiro atoms. The van der Waals surface area contributed by atoms with Crippen LogP contribution in [0.15, 0.2) is 24.3 Å². The van der Waals surface area contributed by atoms with Crippen LogP contribution in [0.25, 0.3) is 0 Å². The predicted molar refractivity (Wildman–Crippen MR) is 89.3 cm³/mol. The van der Waals surface area contributed by atoms with Crippen LogP contribution in [0.1, 0.15) is 46.9 Å². The lowest BCUT2D eigenvalue weighted by molar-refractivity contribution is 0.0950. The van der Waals surface area contributed by atoms with Crippen LogP contribution in [-0.4, -0.2) is 30.9 Å². The summed E-state index contributed by atoms with van der Waals surface area (Å²) in [5, 5.41) is 5.63. The van der Waals surface area contributed by atoms with E-state index >= 15 is 0 Å². The van der Waals surface area contributed by atoms with Gasteiger partial charge in [0.25, 0.3) is 11.8 Å². The summed E-state index contributed by atoms with van der Waals surface area (Å²) in [5.41, 5.74) is 6.95. The Balaban J connectivity index is 0.00000242. The molecule has 1 aromatic rings. The van der Waals surface area contributed by atoms with Gasteiger partial charge in [-0.15, -0.1) is 12.4 Å². The molecule has 122 valence electrons. The van der Waals surface area contributed by atoms with E-state index in [1.807, 2.05) is 6.92 Å². The van der Waals surface area contributed by atoms with Crippen LogP contribution in [-0.2, 0) is 0 Å². The first-order valence-electron chi connectivity index (χ1n) is 7.54. The minimum Gasteiger partial charge on any atom is -0.352 e. The van der Waals surface area contributed by atoms with E-state index in [2.05, 4.69) is 10.6 Å². The Hall–Kier alpha value is -1.59. The van der Waals surface area contributed by atoms with Crippen LogP contribution >= 0.6 is 12.4 Å². The molecule has 1 fully saturated rings. The summed E-state index contributed by atoms with van der Waals surface area (Å²) >= 11 is 0. The van der Waals surface area contributed by atoms with Gasteiger partial charge in [-0.05, 0) is 43.4 Å². The number of carbonyl (C=O) groups is 2. The number of nitrogens with two attached hydrogens (primary N) is 1. The van der Waals surface area contributed by atoms with Gasteiger partial charge in [-0.2, -0.15) is 0 Å². The van der Waals surface area contributed by atoms with Gasteiger partial charge in [0.1, 0.15) is 0 Å². The highest BCUT2D eigenvalue weighted by Crippen LogP contribution is 2.31. The second-order valence-electron chi connectivity index (χ2n) is 5.55. The summed E-state index contributed by atoms with van der Waals surface area (Å²) in [7, 11) is 0. The van der Waals surface area contributed by atoms with Gasteiger partial charge < -0.3 is 16.4 Å². The van der Waals surface area contributed by atoms with E-state index in [4.69, 9.17) is 5.73 Å². The van der Waals surface area contributed by atoms with E-state index in [9.17, 15) is 9.59 Å². The molecule has 1 saturated carbocycles. The molecular weight excluding hydrogens is 302 g/mol. The number of carbonyl (C=O) groups excluding carboxylic acids is 2. The smallest absolute Gasteiger partial charge is 0.251 e. The molecule has 1 aliphatic carbocycles. The molecule has 2 rings (SSSR count). The average molecular weight is 326 g/mol. The Labute approximate surface area is 137 Å². The maximum Gasteiger partial charge on any atom is 0.251 e. The third kappa shape index (κ3) is 5.31. The van der Waals surface area contributed by atoms with E-state index in [-0.39, 0.29) is 30.3 Å². The fourth-order valence-electron chi connectivity index (χ4n) is 2.15. The van der Waals surface area contributed by atoms with Crippen LogP contribution in [0.2, 0.25) is 0 Å². The van der Waals surface area contributed by atoms with Gasteiger partial charge >= 0.3 is 0 Å². The van der Waals surface area contributed by atoms with Crippen LogP contribution < -0.4 is 16.4 Å². The summed E-state index contributed by atoms with van der Waals surface area (Å²) in [4.78, 5) is 24.0. The minimum absolute atomic E-state index is 0. The lowest BCUT2D eigenvalue weighted by atomic mass is 10.1. The normalized spacial score (nSPS) is 14.6. The Morgan fingerprint density at radius 3 is 2.36 bits per heavy atom. The highest BCUT2D eigenvalue weighted by molar-refractivity contribution is 5.99. The van der Waals surface area contributed by atoms with E-state index in [0.29, 0.717) is 30.1 Å². The zero-order valence-corrected chi connectivity index (χ0v) is 13.6. The third-order valence-corrected chi connectivity index (χ3v) is 3.65. The van der Waals surface area contributed by atoms with Crippen molar-refractivity contribution in [2.45, 2.75) is 32.2 Å². The maximum absolute atomic E-state index is 12.1. The van der Waals surface area contributed by atoms with Gasteiger partial charge in [0.2, 0.25) is 0 Å². The van der Waals surface area contributed by atoms with E-state index in [0.717, 1.165) is 19.3 Å². The first-order valence-corrected chi connectivity index (χ1v) is 7.54. The van der Waals surface area contributed by atoms with Crippen molar-refractivity contribution in [2.24, 2.45) is 11.7 Å². The second-order valence-corrected chi connectivity index (χ2v) is 5.55. The summed E-state index contributed by atoms with van der Waals surface area (Å²) in [6.07, 6.45) is 3.19. The molecule has 0 aliphatic heterocycles. The zero-order valence-electron chi connectivity index (χ0n) is 12.8. The molecule has 0 radical (unpaired) electrons. The van der Waals surface area contributed by atoms with Crippen molar-refractivity contribution in [3.8, 4) is 0 Å². The van der Waals surface area contributed by atoms with Crippen molar-refractivity contribution >= 4 is 24.2 Å². The van der Waals surface area contributed by atoms with Crippen LogP contribution in [0, 0.1) is 5.92 Å². The summed E-state index contributed by atoms with van der Waals surface area (Å²) in [6.45, 7) is 3.11. The fraction of sp³-hybridized carbons (Fsp3) is 0.500. The molecule has 1 aliphatic rings. The maximum atomic E-state index is 12.1. The number of hydrogen-bond acceptors (Lipinski definition) is 3. The molecule has 0 heterocycles. The number of nitrogens with one attached hydrogen (secondary N) is 2. The zero-order chi connectivity index (χ0) is 15.2. The van der Waals surface area contributed by atoms with Crippen molar-refractivity contribution in [2.75, 3.05) is 13.1 Å². The molecular formula is C16H24ClN3O2. The summed E-state index contributed by atoms with van der Waals surface area (Å²) in [6, 6.07) is 6.77. The van der Waals surface area contributed by atoms with Crippen molar-refractivity contribution in [3.05, 3.63) is 35.4 Å². The van der Waals surface area contributed by atoms with Gasteiger partial charge in [0.05, 0.1) is 0 Å². The van der Waals surface area contributed by atoms with E-state index in [1.54, 1.807) is 24.3 Å². The number of benzene rings is 1. The van der Waals surface area contributed by atoms with Gasteiger partial charge in [0, 0.05) is 30.3 Å². The second kappa shape index (κ2) is 8.76.